The fourth-order valence-corrected chi connectivity index (χ4v) is 4.90. The van der Waals surface area contributed by atoms with Crippen molar-refractivity contribution in [3.8, 4) is 11.5 Å². The monoisotopic (exact) mass is 431 g/mol. The smallest absolute Gasteiger partial charge is 0.526 e. The van der Waals surface area contributed by atoms with Crippen LogP contribution in [0.5, 0.6) is 11.5 Å². The zero-order valence-electron chi connectivity index (χ0n) is 17.8. The minimum Gasteiger partial charge on any atom is -0.535 e. The summed E-state index contributed by atoms with van der Waals surface area (Å²) in [6.45, 7) is 3.23. The predicted molar refractivity (Wildman–Crippen MR) is 110 cm³/mol. The molecule has 1 saturated carbocycles. The van der Waals surface area contributed by atoms with Crippen molar-refractivity contribution in [2.75, 3.05) is 46.9 Å². The third kappa shape index (κ3) is 3.88. The van der Waals surface area contributed by atoms with E-state index in [-0.39, 0.29) is 46.9 Å². The number of carbonyl (C=O) groups excluding carboxylic acids is 1. The van der Waals surface area contributed by atoms with E-state index in [0.717, 1.165) is 29.6 Å². The molecule has 1 amide bonds. The van der Waals surface area contributed by atoms with E-state index in [9.17, 15) is 19.7 Å². The lowest BCUT2D eigenvalue weighted by Crippen LogP contribution is -2.58. The number of fused-ring (bicyclic) bond motifs is 3. The Morgan fingerprint density at radius 3 is 2.81 bits per heavy atom. The zero-order chi connectivity index (χ0) is 21.9. The summed E-state index contributed by atoms with van der Waals surface area (Å²) < 4.78 is 18.0. The highest BCUT2D eigenvalue weighted by molar-refractivity contribution is 6.48. The Balaban J connectivity index is 1.21. The van der Waals surface area contributed by atoms with Gasteiger partial charge in [-0.15, -0.1) is 0 Å². The molecule has 0 spiro atoms. The minimum absolute atomic E-state index is 0.0295. The Morgan fingerprint density at radius 1 is 1.32 bits per heavy atom. The van der Waals surface area contributed by atoms with Crippen LogP contribution in [0.3, 0.4) is 0 Å². The maximum atomic E-state index is 12.6. The average Bonchev–Trinajstić information content (AvgIpc) is 3.44. The van der Waals surface area contributed by atoms with Crippen LogP contribution in [0.4, 0.5) is 0 Å². The van der Waals surface area contributed by atoms with Gasteiger partial charge in [0.05, 0.1) is 40.2 Å². The summed E-state index contributed by atoms with van der Waals surface area (Å²) in [7, 11) is 3.30. The summed E-state index contributed by atoms with van der Waals surface area (Å²) >= 11 is 0. The second-order valence-corrected chi connectivity index (χ2v) is 9.75. The predicted octanol–water partition coefficient (Wildman–Crippen LogP) is 0.570. The first-order valence-corrected chi connectivity index (χ1v) is 10.8. The van der Waals surface area contributed by atoms with Crippen molar-refractivity contribution in [2.45, 2.75) is 36.8 Å². The molecule has 3 heterocycles. The molecule has 1 aromatic carbocycles. The summed E-state index contributed by atoms with van der Waals surface area (Å²) in [5.41, 5.74) is 0.765. The van der Waals surface area contributed by atoms with Crippen LogP contribution in [0.25, 0.3) is 0 Å². The Bertz CT molecular complexity index is 917. The molecule has 3 unspecified atom stereocenters. The molecule has 0 aromatic heterocycles. The van der Waals surface area contributed by atoms with Crippen molar-refractivity contribution in [3.05, 3.63) is 23.3 Å². The molecule has 3 atom stereocenters. The Kier molecular flexibility index (Phi) is 4.91. The number of ether oxygens (including phenoxy) is 2. The number of amides is 1. The standard InChI is InChI=1S/C21H27BN2O7/c1-24(2)5-6-29-12(11-24)7-18(25)23-9-13(10-23)30-17-4-3-14-15-8-16(15)22(28)31-20(14)19(17)21(26)27/h3-4,12-13,15-16,28H,5-11H2,1-2H3/p+1. The molecule has 0 radical (unpaired) electrons. The molecule has 9 nitrogen and oxygen atoms in total. The fourth-order valence-electron chi connectivity index (χ4n) is 4.90. The number of hydrogen-bond donors (Lipinski definition) is 2. The summed E-state index contributed by atoms with van der Waals surface area (Å²) in [4.78, 5) is 26.2. The number of carbonyl (C=O) groups is 2. The molecule has 5 rings (SSSR count). The lowest BCUT2D eigenvalue weighted by atomic mass is 9.77. The molecule has 1 aliphatic carbocycles. The molecule has 3 fully saturated rings. The normalized spacial score (nSPS) is 28.7. The third-order valence-electron chi connectivity index (χ3n) is 6.85. The third-order valence-corrected chi connectivity index (χ3v) is 6.85. The molecule has 2 N–H and O–H groups in total. The van der Waals surface area contributed by atoms with Gasteiger partial charge in [-0.2, -0.15) is 0 Å². The first-order valence-electron chi connectivity index (χ1n) is 10.8. The van der Waals surface area contributed by atoms with E-state index in [2.05, 4.69) is 14.1 Å². The van der Waals surface area contributed by atoms with Crippen LogP contribution in [-0.4, -0.2) is 97.6 Å². The number of likely N-dealkylation sites (N-methyl/N-ethyl adjacent to an activating group) is 1. The highest BCUT2D eigenvalue weighted by Crippen LogP contribution is 2.60. The molecular weight excluding hydrogens is 403 g/mol. The van der Waals surface area contributed by atoms with Gasteiger partial charge in [0.2, 0.25) is 5.91 Å². The fraction of sp³-hybridized carbons (Fsp3) is 0.619. The van der Waals surface area contributed by atoms with Gasteiger partial charge in [0, 0.05) is 5.82 Å². The lowest BCUT2D eigenvalue weighted by Gasteiger charge is -2.41. The van der Waals surface area contributed by atoms with Crippen LogP contribution in [0.1, 0.15) is 34.7 Å². The molecule has 3 aliphatic heterocycles. The number of benzene rings is 1. The number of nitrogens with zero attached hydrogens (tertiary/aromatic N) is 2. The molecular formula is C21H28BN2O7+. The number of carboxylic acids is 1. The second-order valence-electron chi connectivity index (χ2n) is 9.75. The summed E-state index contributed by atoms with van der Waals surface area (Å²) in [6, 6.07) is 3.49. The number of hydrogen-bond acceptors (Lipinski definition) is 6. The van der Waals surface area contributed by atoms with Gasteiger partial charge < -0.3 is 33.6 Å². The zero-order valence-corrected chi connectivity index (χ0v) is 17.8. The van der Waals surface area contributed by atoms with Crippen LogP contribution in [0, 0.1) is 0 Å². The van der Waals surface area contributed by atoms with E-state index in [0.29, 0.717) is 26.1 Å². The van der Waals surface area contributed by atoms with E-state index in [4.69, 9.17) is 14.1 Å². The summed E-state index contributed by atoms with van der Waals surface area (Å²) in [5.74, 6) is -0.511. The SMILES string of the molecule is C[N+]1(C)CCOC(CC(=O)N2CC(Oc3ccc4c(c3C(=O)O)OB(O)C3CC43)C2)C1. The molecule has 10 heteroatoms. The maximum absolute atomic E-state index is 12.6. The summed E-state index contributed by atoms with van der Waals surface area (Å²) in [6.07, 6.45) is 0.794. The van der Waals surface area contributed by atoms with Gasteiger partial charge in [-0.3, -0.25) is 4.79 Å². The van der Waals surface area contributed by atoms with Crippen LogP contribution < -0.4 is 9.39 Å². The van der Waals surface area contributed by atoms with Gasteiger partial charge in [0.25, 0.3) is 0 Å². The molecule has 31 heavy (non-hydrogen) atoms. The molecule has 0 bridgehead atoms. The number of carboxylic acid groups (broad SMARTS) is 1. The van der Waals surface area contributed by atoms with Crippen molar-refractivity contribution in [3.63, 3.8) is 0 Å². The minimum atomic E-state index is -1.15. The maximum Gasteiger partial charge on any atom is 0.526 e. The largest absolute Gasteiger partial charge is 0.535 e. The van der Waals surface area contributed by atoms with Gasteiger partial charge in [0.1, 0.15) is 42.4 Å². The van der Waals surface area contributed by atoms with E-state index < -0.39 is 13.1 Å². The Labute approximate surface area is 181 Å². The highest BCUT2D eigenvalue weighted by Gasteiger charge is 2.54. The van der Waals surface area contributed by atoms with Crippen LogP contribution in [-0.2, 0) is 9.53 Å². The van der Waals surface area contributed by atoms with Crippen molar-refractivity contribution in [1.29, 1.82) is 0 Å². The number of aromatic carboxylic acids is 1. The molecule has 166 valence electrons. The molecule has 2 saturated heterocycles. The Hall–Kier alpha value is -2.30. The molecule has 1 aromatic rings. The van der Waals surface area contributed by atoms with Crippen molar-refractivity contribution in [2.24, 2.45) is 0 Å². The quantitative estimate of drug-likeness (QED) is 0.519. The van der Waals surface area contributed by atoms with E-state index in [1.54, 1.807) is 11.0 Å². The van der Waals surface area contributed by atoms with Gasteiger partial charge in [0.15, 0.2) is 0 Å². The van der Waals surface area contributed by atoms with E-state index >= 15 is 0 Å². The number of rotatable bonds is 5. The second kappa shape index (κ2) is 7.39. The first kappa shape index (κ1) is 20.6. The highest BCUT2D eigenvalue weighted by atomic mass is 16.5. The van der Waals surface area contributed by atoms with E-state index in [1.165, 1.54) is 0 Å². The first-order chi connectivity index (χ1) is 14.7. The van der Waals surface area contributed by atoms with Gasteiger partial charge >= 0.3 is 13.1 Å². The van der Waals surface area contributed by atoms with E-state index in [1.807, 2.05) is 6.07 Å². The number of morpholine rings is 1. The number of likely N-dealkylation sites (tertiary alicyclic amines) is 1. The van der Waals surface area contributed by atoms with Crippen molar-refractivity contribution < 1.29 is 38.3 Å². The van der Waals surface area contributed by atoms with Crippen LogP contribution in [0.2, 0.25) is 5.82 Å². The Morgan fingerprint density at radius 2 is 2.10 bits per heavy atom. The topological polar surface area (TPSA) is 106 Å². The average molecular weight is 431 g/mol. The lowest BCUT2D eigenvalue weighted by molar-refractivity contribution is -0.901. The van der Waals surface area contributed by atoms with Crippen LogP contribution in [0.15, 0.2) is 12.1 Å². The van der Waals surface area contributed by atoms with Gasteiger partial charge in [-0.05, 0) is 24.0 Å². The van der Waals surface area contributed by atoms with Crippen molar-refractivity contribution in [1.82, 2.24) is 4.90 Å². The van der Waals surface area contributed by atoms with Crippen LogP contribution >= 0.6 is 0 Å². The van der Waals surface area contributed by atoms with Gasteiger partial charge in [-0.25, -0.2) is 4.79 Å². The molecule has 4 aliphatic rings. The van der Waals surface area contributed by atoms with Gasteiger partial charge in [-0.1, -0.05) is 6.07 Å². The van der Waals surface area contributed by atoms with Crippen molar-refractivity contribution >= 4 is 19.0 Å². The summed E-state index contributed by atoms with van der Waals surface area (Å²) in [5, 5.41) is 19.8. The number of quaternary nitrogens is 1.